The predicted molar refractivity (Wildman–Crippen MR) is 111 cm³/mol. The highest BCUT2D eigenvalue weighted by Crippen LogP contribution is 2.22. The van der Waals surface area contributed by atoms with Gasteiger partial charge in [0.1, 0.15) is 10.5 Å². The predicted octanol–water partition coefficient (Wildman–Crippen LogP) is 4.14. The fraction of sp³-hybridized carbons (Fsp3) is 0.278. The lowest BCUT2D eigenvalue weighted by molar-refractivity contribution is -0.117. The number of nitrogens with one attached hydrogen (secondary N) is 2. The van der Waals surface area contributed by atoms with Crippen molar-refractivity contribution < 1.29 is 4.79 Å². The number of rotatable bonds is 7. The SMILES string of the molecule is CCCN(CC(=O)Nc1cc(Cl)cc(Cl)c1)Cc1nc2ccsc2c(=O)[nH]1. The second-order valence-corrected chi connectivity index (χ2v) is 7.85. The number of anilines is 1. The molecule has 0 bridgehead atoms. The fourth-order valence-corrected chi connectivity index (χ4v) is 4.02. The van der Waals surface area contributed by atoms with Crippen LogP contribution in [-0.4, -0.2) is 33.9 Å². The van der Waals surface area contributed by atoms with E-state index in [1.165, 1.54) is 11.3 Å². The summed E-state index contributed by atoms with van der Waals surface area (Å²) in [7, 11) is 0. The summed E-state index contributed by atoms with van der Waals surface area (Å²) in [6, 6.07) is 6.70. The van der Waals surface area contributed by atoms with Crippen LogP contribution in [0.3, 0.4) is 0 Å². The van der Waals surface area contributed by atoms with Crippen LogP contribution in [0.25, 0.3) is 10.2 Å². The second kappa shape index (κ2) is 8.84. The molecule has 0 aliphatic heterocycles. The molecule has 27 heavy (non-hydrogen) atoms. The maximum Gasteiger partial charge on any atom is 0.268 e. The van der Waals surface area contributed by atoms with Crippen LogP contribution >= 0.6 is 34.5 Å². The van der Waals surface area contributed by atoms with Crippen molar-refractivity contribution in [3.8, 4) is 0 Å². The Morgan fingerprint density at radius 2 is 2.04 bits per heavy atom. The maximum atomic E-state index is 12.4. The standard InChI is InChI=1S/C18H18Cl2N4O2S/c1-2-4-24(9-15-22-14-3-5-27-17(14)18(26)23-15)10-16(25)21-13-7-11(19)6-12(20)8-13/h3,5-8H,2,4,9-10H2,1H3,(H,21,25)(H,22,23,26). The van der Waals surface area contributed by atoms with Crippen molar-refractivity contribution in [1.29, 1.82) is 0 Å². The Morgan fingerprint density at radius 1 is 1.30 bits per heavy atom. The zero-order valence-electron chi connectivity index (χ0n) is 14.6. The number of halogens is 2. The van der Waals surface area contributed by atoms with Gasteiger partial charge in [-0.25, -0.2) is 4.98 Å². The highest BCUT2D eigenvalue weighted by atomic mass is 35.5. The summed E-state index contributed by atoms with van der Waals surface area (Å²) < 4.78 is 0.608. The van der Waals surface area contributed by atoms with E-state index in [4.69, 9.17) is 23.2 Å². The Labute approximate surface area is 170 Å². The number of carbonyl (C=O) groups excluding carboxylic acids is 1. The topological polar surface area (TPSA) is 78.1 Å². The summed E-state index contributed by atoms with van der Waals surface area (Å²) in [6.07, 6.45) is 0.862. The molecule has 1 amide bonds. The average molecular weight is 425 g/mol. The molecule has 3 aromatic rings. The van der Waals surface area contributed by atoms with Gasteiger partial charge in [0.15, 0.2) is 0 Å². The molecule has 6 nitrogen and oxygen atoms in total. The van der Waals surface area contributed by atoms with E-state index in [0.717, 1.165) is 6.42 Å². The van der Waals surface area contributed by atoms with E-state index in [1.807, 2.05) is 23.3 Å². The zero-order valence-corrected chi connectivity index (χ0v) is 16.9. The third-order valence-electron chi connectivity index (χ3n) is 3.79. The van der Waals surface area contributed by atoms with Crippen LogP contribution in [0, 0.1) is 0 Å². The maximum absolute atomic E-state index is 12.4. The number of benzene rings is 1. The molecule has 2 N–H and O–H groups in total. The monoisotopic (exact) mass is 424 g/mol. The van der Waals surface area contributed by atoms with Gasteiger partial charge in [0.05, 0.1) is 18.6 Å². The van der Waals surface area contributed by atoms with E-state index in [-0.39, 0.29) is 18.0 Å². The minimum atomic E-state index is -0.194. The van der Waals surface area contributed by atoms with Crippen LogP contribution < -0.4 is 10.9 Å². The van der Waals surface area contributed by atoms with Crippen molar-refractivity contribution in [2.24, 2.45) is 0 Å². The molecule has 0 fully saturated rings. The molecule has 0 radical (unpaired) electrons. The molecule has 0 aliphatic carbocycles. The van der Waals surface area contributed by atoms with Crippen LogP contribution in [0.5, 0.6) is 0 Å². The van der Waals surface area contributed by atoms with Gasteiger partial charge >= 0.3 is 0 Å². The summed E-state index contributed by atoms with van der Waals surface area (Å²) in [5, 5.41) is 5.54. The van der Waals surface area contributed by atoms with E-state index in [2.05, 4.69) is 15.3 Å². The minimum absolute atomic E-state index is 0.153. The summed E-state index contributed by atoms with van der Waals surface area (Å²) in [6.45, 7) is 3.25. The Balaban J connectivity index is 1.70. The van der Waals surface area contributed by atoms with Gasteiger partial charge in [0, 0.05) is 15.7 Å². The Bertz CT molecular complexity index is 998. The van der Waals surface area contributed by atoms with Gasteiger partial charge in [-0.1, -0.05) is 30.1 Å². The van der Waals surface area contributed by atoms with Crippen molar-refractivity contribution in [2.75, 3.05) is 18.4 Å². The minimum Gasteiger partial charge on any atom is -0.325 e. The molecule has 0 saturated heterocycles. The molecule has 3 rings (SSSR count). The lowest BCUT2D eigenvalue weighted by Gasteiger charge is -2.20. The van der Waals surface area contributed by atoms with Gasteiger partial charge in [-0.15, -0.1) is 11.3 Å². The average Bonchev–Trinajstić information content (AvgIpc) is 3.03. The Kier molecular flexibility index (Phi) is 6.49. The first-order chi connectivity index (χ1) is 12.9. The number of aromatic amines is 1. The molecule has 9 heteroatoms. The summed E-state index contributed by atoms with van der Waals surface area (Å²) >= 11 is 13.3. The van der Waals surface area contributed by atoms with Crippen LogP contribution in [-0.2, 0) is 11.3 Å². The van der Waals surface area contributed by atoms with Crippen LogP contribution in [0.1, 0.15) is 19.2 Å². The number of hydrogen-bond donors (Lipinski definition) is 2. The van der Waals surface area contributed by atoms with Crippen molar-refractivity contribution in [3.63, 3.8) is 0 Å². The number of aromatic nitrogens is 2. The highest BCUT2D eigenvalue weighted by molar-refractivity contribution is 7.17. The lowest BCUT2D eigenvalue weighted by atomic mass is 10.3. The van der Waals surface area contributed by atoms with Crippen LogP contribution in [0.4, 0.5) is 5.69 Å². The first-order valence-corrected chi connectivity index (χ1v) is 10.0. The van der Waals surface area contributed by atoms with Gasteiger partial charge < -0.3 is 10.3 Å². The molecular formula is C18H18Cl2N4O2S. The number of H-pyrrole nitrogens is 1. The summed E-state index contributed by atoms with van der Waals surface area (Å²) in [5.41, 5.74) is 1.06. The zero-order chi connectivity index (χ0) is 19.4. The molecule has 0 unspecified atom stereocenters. The molecule has 0 saturated carbocycles. The molecule has 0 atom stereocenters. The molecular weight excluding hydrogens is 407 g/mol. The van der Waals surface area contributed by atoms with Gasteiger partial charge in [0.2, 0.25) is 5.91 Å². The quantitative estimate of drug-likeness (QED) is 0.597. The highest BCUT2D eigenvalue weighted by Gasteiger charge is 2.14. The normalized spacial score (nSPS) is 11.3. The Morgan fingerprint density at radius 3 is 2.74 bits per heavy atom. The van der Waals surface area contributed by atoms with Crippen LogP contribution in [0.2, 0.25) is 10.0 Å². The third-order valence-corrected chi connectivity index (χ3v) is 5.13. The first kappa shape index (κ1) is 19.8. The molecule has 2 heterocycles. The van der Waals surface area contributed by atoms with Crippen LogP contribution in [0.15, 0.2) is 34.4 Å². The van der Waals surface area contributed by atoms with Crippen molar-refractivity contribution in [1.82, 2.24) is 14.9 Å². The number of carbonyl (C=O) groups is 1. The number of amides is 1. The van der Waals surface area contributed by atoms with E-state index in [1.54, 1.807) is 18.2 Å². The first-order valence-electron chi connectivity index (χ1n) is 8.39. The van der Waals surface area contributed by atoms with E-state index in [9.17, 15) is 9.59 Å². The molecule has 1 aromatic carbocycles. The smallest absolute Gasteiger partial charge is 0.268 e. The number of nitrogens with zero attached hydrogens (tertiary/aromatic N) is 2. The van der Waals surface area contributed by atoms with Crippen molar-refractivity contribution >= 4 is 56.3 Å². The van der Waals surface area contributed by atoms with E-state index < -0.39 is 0 Å². The van der Waals surface area contributed by atoms with Gasteiger partial charge in [0.25, 0.3) is 5.56 Å². The van der Waals surface area contributed by atoms with Crippen molar-refractivity contribution in [3.05, 3.63) is 55.9 Å². The van der Waals surface area contributed by atoms with E-state index in [0.29, 0.717) is 44.9 Å². The third kappa shape index (κ3) is 5.29. The molecule has 0 spiro atoms. The molecule has 2 aromatic heterocycles. The Hall–Kier alpha value is -1.93. The van der Waals surface area contributed by atoms with E-state index >= 15 is 0 Å². The summed E-state index contributed by atoms with van der Waals surface area (Å²) in [4.78, 5) is 33.7. The summed E-state index contributed by atoms with van der Waals surface area (Å²) in [5.74, 6) is 0.346. The fourth-order valence-electron chi connectivity index (χ4n) is 2.77. The van der Waals surface area contributed by atoms with Gasteiger partial charge in [-0.05, 0) is 42.6 Å². The van der Waals surface area contributed by atoms with Crippen molar-refractivity contribution in [2.45, 2.75) is 19.9 Å². The lowest BCUT2D eigenvalue weighted by Crippen LogP contribution is -2.34. The van der Waals surface area contributed by atoms with Gasteiger partial charge in [-0.3, -0.25) is 14.5 Å². The largest absolute Gasteiger partial charge is 0.325 e. The second-order valence-electron chi connectivity index (χ2n) is 6.06. The number of thiophene rings is 1. The molecule has 0 aliphatic rings. The van der Waals surface area contributed by atoms with Gasteiger partial charge in [-0.2, -0.15) is 0 Å². The molecule has 142 valence electrons. The number of fused-ring (bicyclic) bond motifs is 1. The number of hydrogen-bond acceptors (Lipinski definition) is 5.